The maximum absolute atomic E-state index is 12.4. The van der Waals surface area contributed by atoms with Gasteiger partial charge in [-0.15, -0.1) is 0 Å². The molecular weight excluding hydrogens is 312 g/mol. The predicted octanol–water partition coefficient (Wildman–Crippen LogP) is 2.67. The summed E-state index contributed by atoms with van der Waals surface area (Å²) in [7, 11) is 1.65. The van der Waals surface area contributed by atoms with E-state index >= 15 is 0 Å². The molecule has 0 aliphatic carbocycles. The van der Waals surface area contributed by atoms with Crippen LogP contribution in [0.3, 0.4) is 0 Å². The summed E-state index contributed by atoms with van der Waals surface area (Å²) >= 11 is 1.90. The first kappa shape index (κ1) is 17.9. The first-order chi connectivity index (χ1) is 11.1. The lowest BCUT2D eigenvalue weighted by Gasteiger charge is -2.33. The Balaban J connectivity index is 1.94. The lowest BCUT2D eigenvalue weighted by molar-refractivity contribution is 0.145. The second-order valence-electron chi connectivity index (χ2n) is 5.73. The third kappa shape index (κ3) is 5.32. The highest BCUT2D eigenvalue weighted by molar-refractivity contribution is 7.99. The van der Waals surface area contributed by atoms with Crippen molar-refractivity contribution < 1.29 is 14.3 Å². The number of nitrogens with one attached hydrogen (secondary N) is 1. The Morgan fingerprint density at radius 2 is 2.26 bits per heavy atom. The predicted molar refractivity (Wildman–Crippen MR) is 94.3 cm³/mol. The van der Waals surface area contributed by atoms with Crippen molar-refractivity contribution in [1.82, 2.24) is 10.2 Å². The number of hydrogen-bond donors (Lipinski definition) is 1. The average molecular weight is 338 g/mol. The Bertz CT molecular complexity index is 525. The molecule has 1 fully saturated rings. The topological polar surface area (TPSA) is 50.8 Å². The first-order valence-corrected chi connectivity index (χ1v) is 9.10. The number of hydrogen-bond acceptors (Lipinski definition) is 4. The maximum Gasteiger partial charge on any atom is 0.317 e. The van der Waals surface area contributed by atoms with E-state index in [-0.39, 0.29) is 12.1 Å². The van der Waals surface area contributed by atoms with Gasteiger partial charge in [-0.2, -0.15) is 11.8 Å². The number of nitrogens with zero attached hydrogens (tertiary/aromatic N) is 1. The minimum atomic E-state index is 0.00113. The highest BCUT2D eigenvalue weighted by atomic mass is 32.2. The molecule has 1 aromatic rings. The molecule has 1 aromatic carbocycles. The Morgan fingerprint density at radius 1 is 1.43 bits per heavy atom. The molecule has 0 saturated carbocycles. The van der Waals surface area contributed by atoms with E-state index in [2.05, 4.69) is 12.2 Å². The van der Waals surface area contributed by atoms with Gasteiger partial charge in [-0.1, -0.05) is 12.1 Å². The van der Waals surface area contributed by atoms with Gasteiger partial charge in [0, 0.05) is 43.3 Å². The fourth-order valence-corrected chi connectivity index (χ4v) is 3.49. The molecular formula is C17H26N2O3S. The Hall–Kier alpha value is -1.40. The number of methoxy groups -OCH3 is 1. The number of rotatable bonds is 6. The van der Waals surface area contributed by atoms with Gasteiger partial charge in [-0.25, -0.2) is 4.79 Å². The molecule has 0 aromatic heterocycles. The fraction of sp³-hybridized carbons (Fsp3) is 0.588. The molecule has 1 aliphatic rings. The second kappa shape index (κ2) is 9.03. The van der Waals surface area contributed by atoms with Crippen LogP contribution < -0.4 is 10.1 Å². The molecule has 1 atom stereocenters. The fourth-order valence-electron chi connectivity index (χ4n) is 2.48. The molecule has 2 amide bonds. The van der Waals surface area contributed by atoms with Crippen LogP contribution in [0.4, 0.5) is 4.79 Å². The molecule has 0 radical (unpaired) electrons. The van der Waals surface area contributed by atoms with E-state index in [0.717, 1.165) is 34.9 Å². The normalized spacial score (nSPS) is 17.9. The van der Waals surface area contributed by atoms with Crippen molar-refractivity contribution in [2.45, 2.75) is 26.4 Å². The van der Waals surface area contributed by atoms with Gasteiger partial charge in [0.05, 0.1) is 6.61 Å². The second-order valence-corrected chi connectivity index (χ2v) is 6.88. The molecule has 1 aliphatic heterocycles. The zero-order chi connectivity index (χ0) is 16.7. The van der Waals surface area contributed by atoms with Gasteiger partial charge in [0.25, 0.3) is 0 Å². The van der Waals surface area contributed by atoms with Crippen LogP contribution in [0.2, 0.25) is 0 Å². The number of ether oxygens (including phenoxy) is 2. The highest BCUT2D eigenvalue weighted by Gasteiger charge is 2.23. The van der Waals surface area contributed by atoms with Crippen molar-refractivity contribution in [2.75, 3.05) is 38.4 Å². The van der Waals surface area contributed by atoms with Gasteiger partial charge >= 0.3 is 6.03 Å². The molecule has 0 spiro atoms. The maximum atomic E-state index is 12.4. The van der Waals surface area contributed by atoms with Gasteiger partial charge in [0.15, 0.2) is 0 Å². The zero-order valence-corrected chi connectivity index (χ0v) is 14.9. The minimum absolute atomic E-state index is 0.00113. The first-order valence-electron chi connectivity index (χ1n) is 7.95. The van der Waals surface area contributed by atoms with E-state index in [9.17, 15) is 4.79 Å². The minimum Gasteiger partial charge on any atom is -0.491 e. The Kier molecular flexibility index (Phi) is 7.05. The van der Waals surface area contributed by atoms with Crippen molar-refractivity contribution >= 4 is 17.8 Å². The van der Waals surface area contributed by atoms with E-state index in [0.29, 0.717) is 19.8 Å². The summed E-state index contributed by atoms with van der Waals surface area (Å²) in [6.45, 7) is 6.44. The van der Waals surface area contributed by atoms with Crippen molar-refractivity contribution in [1.29, 1.82) is 0 Å². The molecule has 1 heterocycles. The highest BCUT2D eigenvalue weighted by Crippen LogP contribution is 2.21. The number of aryl methyl sites for hydroxylation is 1. The van der Waals surface area contributed by atoms with Crippen LogP contribution in [0.25, 0.3) is 0 Å². The third-order valence-corrected chi connectivity index (χ3v) is 5.02. The number of thioether (sulfide) groups is 1. The molecule has 1 N–H and O–H groups in total. The zero-order valence-electron chi connectivity index (χ0n) is 14.1. The molecule has 128 valence electrons. The van der Waals surface area contributed by atoms with Crippen molar-refractivity contribution in [3.05, 3.63) is 29.3 Å². The van der Waals surface area contributed by atoms with Crippen LogP contribution in [-0.4, -0.2) is 55.3 Å². The molecule has 23 heavy (non-hydrogen) atoms. The summed E-state index contributed by atoms with van der Waals surface area (Å²) in [5.74, 6) is 2.82. The summed E-state index contributed by atoms with van der Waals surface area (Å²) in [5.41, 5.74) is 2.12. The van der Waals surface area contributed by atoms with E-state index in [1.54, 1.807) is 7.11 Å². The number of carbonyl (C=O) groups is 1. The van der Waals surface area contributed by atoms with Crippen molar-refractivity contribution in [3.8, 4) is 5.75 Å². The van der Waals surface area contributed by atoms with E-state index < -0.39 is 0 Å². The van der Waals surface area contributed by atoms with Crippen molar-refractivity contribution in [2.24, 2.45) is 0 Å². The summed E-state index contributed by atoms with van der Waals surface area (Å²) in [4.78, 5) is 14.3. The molecule has 0 bridgehead atoms. The third-order valence-electron chi connectivity index (χ3n) is 3.83. The van der Waals surface area contributed by atoms with Gasteiger partial charge in [0.2, 0.25) is 0 Å². The Morgan fingerprint density at radius 3 is 3.00 bits per heavy atom. The summed E-state index contributed by atoms with van der Waals surface area (Å²) in [6, 6.07) is 6.32. The van der Waals surface area contributed by atoms with Crippen LogP contribution in [0, 0.1) is 6.92 Å². The van der Waals surface area contributed by atoms with E-state index in [4.69, 9.17) is 9.47 Å². The van der Waals surface area contributed by atoms with Crippen LogP contribution in [0.1, 0.15) is 18.1 Å². The summed E-state index contributed by atoms with van der Waals surface area (Å²) < 4.78 is 10.8. The average Bonchev–Trinajstić information content (AvgIpc) is 2.54. The number of benzene rings is 1. The van der Waals surface area contributed by atoms with Gasteiger partial charge in [-0.3, -0.25) is 0 Å². The molecule has 2 rings (SSSR count). The smallest absolute Gasteiger partial charge is 0.317 e. The quantitative estimate of drug-likeness (QED) is 0.810. The molecule has 0 unspecified atom stereocenters. The van der Waals surface area contributed by atoms with Crippen LogP contribution in [-0.2, 0) is 11.3 Å². The summed E-state index contributed by atoms with van der Waals surface area (Å²) in [5, 5.41) is 3.02. The van der Waals surface area contributed by atoms with Crippen LogP contribution in [0.5, 0.6) is 5.75 Å². The summed E-state index contributed by atoms with van der Waals surface area (Å²) in [6.07, 6.45) is 0. The Labute approximate surface area is 142 Å². The van der Waals surface area contributed by atoms with Gasteiger partial charge in [0.1, 0.15) is 12.4 Å². The standard InChI is InChI=1S/C17H26N2O3S/c1-13-4-5-15(16(10-13)22-8-7-21-3)11-18-17(20)19-6-9-23-12-14(19)2/h4-5,10,14H,6-9,11-12H2,1-3H3,(H,18,20)/t14-/m0/s1. The SMILES string of the molecule is COCCOc1cc(C)ccc1CNC(=O)N1CCSC[C@@H]1C. The monoisotopic (exact) mass is 338 g/mol. The molecule has 5 nitrogen and oxygen atoms in total. The molecule has 1 saturated heterocycles. The number of carbonyl (C=O) groups excluding carboxylic acids is 1. The van der Waals surface area contributed by atoms with Crippen molar-refractivity contribution in [3.63, 3.8) is 0 Å². The largest absolute Gasteiger partial charge is 0.491 e. The lowest BCUT2D eigenvalue weighted by atomic mass is 10.1. The number of amides is 2. The number of urea groups is 1. The van der Waals surface area contributed by atoms with E-state index in [1.807, 2.05) is 41.8 Å². The van der Waals surface area contributed by atoms with Crippen LogP contribution >= 0.6 is 11.8 Å². The lowest BCUT2D eigenvalue weighted by Crippen LogP contribution is -2.49. The van der Waals surface area contributed by atoms with Gasteiger partial charge in [-0.05, 0) is 25.5 Å². The van der Waals surface area contributed by atoms with Gasteiger partial charge < -0.3 is 19.7 Å². The van der Waals surface area contributed by atoms with E-state index in [1.165, 1.54) is 0 Å². The molecule has 6 heteroatoms. The van der Waals surface area contributed by atoms with Crippen LogP contribution in [0.15, 0.2) is 18.2 Å².